The molecule has 7 nitrogen and oxygen atoms in total. The lowest BCUT2D eigenvalue weighted by Gasteiger charge is -2.21. The smallest absolute Gasteiger partial charge is 0.328 e. The van der Waals surface area contributed by atoms with E-state index in [1.165, 1.54) is 18.4 Å². The Hall–Kier alpha value is -2.26. The molecule has 0 saturated heterocycles. The molecule has 2 aromatic rings. The maximum atomic E-state index is 12.0. The average molecular weight is 411 g/mol. The van der Waals surface area contributed by atoms with Crippen molar-refractivity contribution >= 4 is 40.5 Å². The Morgan fingerprint density at radius 1 is 1.30 bits per heavy atom. The van der Waals surface area contributed by atoms with Crippen molar-refractivity contribution in [2.45, 2.75) is 32.7 Å². The van der Waals surface area contributed by atoms with Crippen LogP contribution in [0.5, 0.6) is 0 Å². The fourth-order valence-electron chi connectivity index (χ4n) is 2.26. The van der Waals surface area contributed by atoms with E-state index < -0.39 is 30.5 Å². The zero-order valence-corrected chi connectivity index (χ0v) is 17.0. The minimum atomic E-state index is -0.766. The number of nitrogens with zero attached hydrogens (tertiary/aromatic N) is 1. The van der Waals surface area contributed by atoms with Crippen LogP contribution in [0.25, 0.3) is 10.6 Å². The van der Waals surface area contributed by atoms with Crippen LogP contribution < -0.4 is 5.32 Å². The lowest BCUT2D eigenvalue weighted by atomic mass is 9.99. The number of rotatable bonds is 9. The lowest BCUT2D eigenvalue weighted by Crippen LogP contribution is -2.47. The number of amides is 1. The minimum Gasteiger partial charge on any atom is -0.467 e. The van der Waals surface area contributed by atoms with Crippen molar-refractivity contribution < 1.29 is 23.9 Å². The van der Waals surface area contributed by atoms with Crippen LogP contribution in [-0.2, 0) is 30.3 Å². The summed E-state index contributed by atoms with van der Waals surface area (Å²) in [6.07, 6.45) is 0.676. The summed E-state index contributed by atoms with van der Waals surface area (Å²) in [5.74, 6) is -1.71. The van der Waals surface area contributed by atoms with E-state index in [0.29, 0.717) is 12.1 Å². The third-order valence-electron chi connectivity index (χ3n) is 3.99. The summed E-state index contributed by atoms with van der Waals surface area (Å²) in [4.78, 5) is 40.1. The predicted molar refractivity (Wildman–Crippen MR) is 103 cm³/mol. The minimum absolute atomic E-state index is 0.0142. The van der Waals surface area contributed by atoms with E-state index in [0.717, 1.165) is 10.6 Å². The zero-order valence-electron chi connectivity index (χ0n) is 15.4. The molecule has 0 radical (unpaired) electrons. The normalized spacial score (nSPS) is 12.9. The van der Waals surface area contributed by atoms with Crippen LogP contribution in [0, 0.1) is 5.92 Å². The van der Waals surface area contributed by atoms with Gasteiger partial charge in [-0.1, -0.05) is 20.3 Å². The number of hydrogen-bond acceptors (Lipinski definition) is 8. The monoisotopic (exact) mass is 410 g/mol. The van der Waals surface area contributed by atoms with Gasteiger partial charge in [-0.2, -0.15) is 11.3 Å². The molecule has 2 aromatic heterocycles. The molecule has 0 saturated carbocycles. The fourth-order valence-corrected chi connectivity index (χ4v) is 3.79. The van der Waals surface area contributed by atoms with Gasteiger partial charge >= 0.3 is 11.9 Å². The van der Waals surface area contributed by atoms with E-state index in [9.17, 15) is 14.4 Å². The lowest BCUT2D eigenvalue weighted by molar-refractivity contribution is -0.150. The van der Waals surface area contributed by atoms with Crippen LogP contribution >= 0.6 is 22.7 Å². The van der Waals surface area contributed by atoms with Crippen molar-refractivity contribution in [1.29, 1.82) is 0 Å². The predicted octanol–water partition coefficient (Wildman–Crippen LogP) is 2.66. The summed E-state index contributed by atoms with van der Waals surface area (Å²) in [5.41, 5.74) is 1.61. The van der Waals surface area contributed by atoms with E-state index in [4.69, 9.17) is 9.47 Å². The summed E-state index contributed by atoms with van der Waals surface area (Å²) in [7, 11) is 1.27. The molecule has 0 aromatic carbocycles. The molecule has 0 aliphatic carbocycles. The Kier molecular flexibility index (Phi) is 7.93. The van der Waals surface area contributed by atoms with Gasteiger partial charge in [0.25, 0.3) is 5.91 Å². The van der Waals surface area contributed by atoms with Gasteiger partial charge in [0.15, 0.2) is 6.61 Å². The molecule has 27 heavy (non-hydrogen) atoms. The van der Waals surface area contributed by atoms with Gasteiger partial charge in [-0.15, -0.1) is 11.3 Å². The van der Waals surface area contributed by atoms with Crippen LogP contribution in [0.2, 0.25) is 0 Å². The summed E-state index contributed by atoms with van der Waals surface area (Å²) in [5, 5.41) is 9.14. The van der Waals surface area contributed by atoms with Crippen molar-refractivity contribution in [3.8, 4) is 10.6 Å². The van der Waals surface area contributed by atoms with Crippen molar-refractivity contribution in [1.82, 2.24) is 10.3 Å². The zero-order chi connectivity index (χ0) is 19.8. The third kappa shape index (κ3) is 6.14. The average Bonchev–Trinajstić information content (AvgIpc) is 3.34. The largest absolute Gasteiger partial charge is 0.467 e. The molecule has 0 fully saturated rings. The standard InChI is InChI=1S/C18H22N2O5S2/c1-4-11(2)16(18(23)24-3)20-14(21)8-25-15(22)7-13-10-27-17(19-13)12-5-6-26-9-12/h5-6,9-11,16H,4,7-8H2,1-3H3,(H,20,21)/t11-,16-/m1/s1. The van der Waals surface area contributed by atoms with Gasteiger partial charge in [-0.05, 0) is 17.4 Å². The Morgan fingerprint density at radius 3 is 2.70 bits per heavy atom. The second-order valence-corrected chi connectivity index (χ2v) is 7.59. The van der Waals surface area contributed by atoms with Crippen LogP contribution in [0.15, 0.2) is 22.2 Å². The molecule has 0 aliphatic heterocycles. The topological polar surface area (TPSA) is 94.6 Å². The van der Waals surface area contributed by atoms with Crippen molar-refractivity contribution in [3.63, 3.8) is 0 Å². The first-order valence-corrected chi connectivity index (χ1v) is 10.3. The summed E-state index contributed by atoms with van der Waals surface area (Å²) in [6.45, 7) is 3.29. The number of carbonyl (C=O) groups is 3. The molecule has 146 valence electrons. The van der Waals surface area contributed by atoms with E-state index >= 15 is 0 Å². The Labute approximate surface area is 165 Å². The summed E-state index contributed by atoms with van der Waals surface area (Å²) < 4.78 is 9.70. The Morgan fingerprint density at radius 2 is 2.07 bits per heavy atom. The number of hydrogen-bond donors (Lipinski definition) is 1. The molecule has 0 unspecified atom stereocenters. The molecule has 1 N–H and O–H groups in total. The molecular formula is C18H22N2O5S2. The van der Waals surface area contributed by atoms with Crippen molar-refractivity contribution in [2.75, 3.05) is 13.7 Å². The molecule has 2 rings (SSSR count). The maximum Gasteiger partial charge on any atom is 0.328 e. The first-order chi connectivity index (χ1) is 12.9. The van der Waals surface area contributed by atoms with Gasteiger partial charge in [-0.3, -0.25) is 9.59 Å². The van der Waals surface area contributed by atoms with Crippen LogP contribution in [0.1, 0.15) is 26.0 Å². The van der Waals surface area contributed by atoms with Gasteiger partial charge in [-0.25, -0.2) is 9.78 Å². The molecule has 0 spiro atoms. The first-order valence-electron chi connectivity index (χ1n) is 8.44. The van der Waals surface area contributed by atoms with E-state index in [2.05, 4.69) is 10.3 Å². The SMILES string of the molecule is CC[C@@H](C)[C@@H](NC(=O)COC(=O)Cc1csc(-c2ccsc2)n1)C(=O)OC. The van der Waals surface area contributed by atoms with E-state index in [-0.39, 0.29) is 12.3 Å². The third-order valence-corrected chi connectivity index (χ3v) is 5.62. The van der Waals surface area contributed by atoms with Crippen LogP contribution in [-0.4, -0.2) is 42.6 Å². The van der Waals surface area contributed by atoms with Crippen molar-refractivity contribution in [3.05, 3.63) is 27.9 Å². The molecule has 0 bridgehead atoms. The number of nitrogens with one attached hydrogen (secondary N) is 1. The van der Waals surface area contributed by atoms with Crippen molar-refractivity contribution in [2.24, 2.45) is 5.92 Å². The number of carbonyl (C=O) groups excluding carboxylic acids is 3. The number of thiophene rings is 1. The molecule has 9 heteroatoms. The Bertz CT molecular complexity index is 773. The molecule has 1 amide bonds. The van der Waals surface area contributed by atoms with E-state index in [1.54, 1.807) is 16.7 Å². The number of aromatic nitrogens is 1. The molecule has 2 heterocycles. The van der Waals surface area contributed by atoms with Gasteiger partial charge < -0.3 is 14.8 Å². The van der Waals surface area contributed by atoms with Gasteiger partial charge in [0.05, 0.1) is 19.2 Å². The first kappa shape index (κ1) is 21.0. The number of thiazole rings is 1. The highest BCUT2D eigenvalue weighted by Crippen LogP contribution is 2.25. The highest BCUT2D eigenvalue weighted by molar-refractivity contribution is 7.14. The van der Waals surface area contributed by atoms with E-state index in [1.807, 2.05) is 30.7 Å². The van der Waals surface area contributed by atoms with Gasteiger partial charge in [0.1, 0.15) is 11.0 Å². The fraction of sp³-hybridized carbons (Fsp3) is 0.444. The second kappa shape index (κ2) is 10.2. The molecule has 2 atom stereocenters. The summed E-state index contributed by atoms with van der Waals surface area (Å²) in [6, 6.07) is 1.20. The Balaban J connectivity index is 1.82. The maximum absolute atomic E-state index is 12.0. The number of ether oxygens (including phenoxy) is 2. The summed E-state index contributed by atoms with van der Waals surface area (Å²) >= 11 is 3.03. The van der Waals surface area contributed by atoms with Crippen LogP contribution in [0.3, 0.4) is 0 Å². The molecule has 0 aliphatic rings. The highest BCUT2D eigenvalue weighted by Gasteiger charge is 2.27. The highest BCUT2D eigenvalue weighted by atomic mass is 32.1. The van der Waals surface area contributed by atoms with Crippen LogP contribution in [0.4, 0.5) is 0 Å². The number of methoxy groups -OCH3 is 1. The second-order valence-electron chi connectivity index (χ2n) is 5.95. The number of esters is 2. The van der Waals surface area contributed by atoms with Gasteiger partial charge in [0.2, 0.25) is 0 Å². The van der Waals surface area contributed by atoms with Gasteiger partial charge in [0, 0.05) is 16.3 Å². The molecular weight excluding hydrogens is 388 g/mol. The quantitative estimate of drug-likeness (QED) is 0.639.